The highest BCUT2D eigenvalue weighted by atomic mass is 79.9. The molecule has 1 aliphatic carbocycles. The average molecular weight is 371 g/mol. The van der Waals surface area contributed by atoms with Crippen LogP contribution in [-0.4, -0.2) is 20.7 Å². The van der Waals surface area contributed by atoms with Gasteiger partial charge in [-0.15, -0.1) is 0 Å². The third kappa shape index (κ3) is 2.69. The van der Waals surface area contributed by atoms with Crippen molar-refractivity contribution in [3.63, 3.8) is 0 Å². The summed E-state index contributed by atoms with van der Waals surface area (Å²) in [7, 11) is 0. The highest BCUT2D eigenvalue weighted by Gasteiger charge is 2.27. The second kappa shape index (κ2) is 5.42. The largest absolute Gasteiger partial charge is 0.465 e. The molecule has 3 rings (SSSR count). The maximum atomic E-state index is 12.3. The van der Waals surface area contributed by atoms with Crippen LogP contribution in [0.4, 0.5) is 0 Å². The van der Waals surface area contributed by atoms with Crippen molar-refractivity contribution in [2.75, 3.05) is 0 Å². The summed E-state index contributed by atoms with van der Waals surface area (Å²) in [6.45, 7) is 3.91. The zero-order valence-corrected chi connectivity index (χ0v) is 14.1. The molecule has 1 amide bonds. The van der Waals surface area contributed by atoms with E-state index in [1.54, 1.807) is 6.92 Å². The van der Waals surface area contributed by atoms with Crippen LogP contribution in [0.25, 0.3) is 0 Å². The Morgan fingerprint density at radius 1 is 1.52 bits per heavy atom. The number of rotatable bonds is 4. The van der Waals surface area contributed by atoms with E-state index in [1.807, 2.05) is 11.5 Å². The Morgan fingerprint density at radius 3 is 2.81 bits per heavy atom. The highest BCUT2D eigenvalue weighted by Crippen LogP contribution is 2.35. The van der Waals surface area contributed by atoms with Crippen molar-refractivity contribution in [3.8, 4) is 0 Å². The Kier molecular flexibility index (Phi) is 3.75. The maximum Gasteiger partial charge on any atom is 0.256 e. The molecule has 0 radical (unpaired) electrons. The third-order valence-corrected chi connectivity index (χ3v) is 4.75. The lowest BCUT2D eigenvalue weighted by atomic mass is 10.2. The lowest BCUT2D eigenvalue weighted by Crippen LogP contribution is -2.25. The zero-order chi connectivity index (χ0) is 15.1. The van der Waals surface area contributed by atoms with Gasteiger partial charge in [0.05, 0.1) is 16.6 Å². The monoisotopic (exact) mass is 370 g/mol. The van der Waals surface area contributed by atoms with Crippen LogP contribution in [0, 0.1) is 18.6 Å². The van der Waals surface area contributed by atoms with Gasteiger partial charge in [0.1, 0.15) is 11.5 Å². The minimum atomic E-state index is -0.188. The van der Waals surface area contributed by atoms with Crippen LogP contribution in [0.2, 0.25) is 0 Å². The maximum absolute atomic E-state index is 12.3. The van der Waals surface area contributed by atoms with Gasteiger partial charge >= 0.3 is 0 Å². The first-order chi connectivity index (χ1) is 9.99. The molecule has 2 aromatic heterocycles. The second-order valence-corrected chi connectivity index (χ2v) is 6.31. The number of hydrogen-bond acceptors (Lipinski definition) is 4. The fourth-order valence-corrected chi connectivity index (χ4v) is 3.17. The lowest BCUT2D eigenvalue weighted by molar-refractivity contribution is 0.0947. The number of amides is 1. The Balaban J connectivity index is 1.76. The van der Waals surface area contributed by atoms with Gasteiger partial charge in [-0.2, -0.15) is 5.10 Å². The number of nitrogens with zero attached hydrogens (tertiary/aromatic N) is 2. The number of aryl methyl sites for hydroxylation is 2. The van der Waals surface area contributed by atoms with Crippen LogP contribution in [0.5, 0.6) is 0 Å². The van der Waals surface area contributed by atoms with Gasteiger partial charge in [-0.05, 0) is 54.8 Å². The predicted octanol–water partition coefficient (Wildman–Crippen LogP) is 3.18. The fraction of sp³-hybridized carbons (Fsp3) is 0.462. The molecule has 21 heavy (non-hydrogen) atoms. The fourth-order valence-electron chi connectivity index (χ4n) is 2.33. The summed E-state index contributed by atoms with van der Waals surface area (Å²) in [6.07, 6.45) is 2.22. The molecule has 0 saturated heterocycles. The van der Waals surface area contributed by atoms with Gasteiger partial charge in [-0.1, -0.05) is 0 Å². The number of aromatic nitrogens is 3. The Morgan fingerprint density at radius 2 is 2.24 bits per heavy atom. The summed E-state index contributed by atoms with van der Waals surface area (Å²) in [4.78, 5) is 12.3. The summed E-state index contributed by atoms with van der Waals surface area (Å²) in [6, 6.07) is 0.424. The van der Waals surface area contributed by atoms with E-state index >= 15 is 0 Å². The van der Waals surface area contributed by atoms with E-state index in [0.29, 0.717) is 38.9 Å². The molecule has 0 aromatic carbocycles. The van der Waals surface area contributed by atoms with Gasteiger partial charge in [-0.25, -0.2) is 0 Å². The summed E-state index contributed by atoms with van der Waals surface area (Å²) < 4.78 is 8.73. The molecule has 0 unspecified atom stereocenters. The zero-order valence-electron chi connectivity index (χ0n) is 11.7. The molecule has 8 heteroatoms. The topological polar surface area (TPSA) is 75.8 Å². The van der Waals surface area contributed by atoms with Crippen LogP contribution < -0.4 is 5.32 Å². The van der Waals surface area contributed by atoms with E-state index in [0.717, 1.165) is 18.7 Å². The van der Waals surface area contributed by atoms with Gasteiger partial charge in [-0.3, -0.25) is 14.5 Å². The number of hydrogen-bond donors (Lipinski definition) is 2. The van der Waals surface area contributed by atoms with Gasteiger partial charge < -0.3 is 9.73 Å². The first kappa shape index (κ1) is 14.5. The molecule has 1 fully saturated rings. The standard InChI is InChI=1S/C13H15BrN4O2S/c1-6-10(11(14)7(2)20-6)12(19)15-5-9-16-17-13(21)18(9)8-3-4-8/h8H,3-5H2,1-2H3,(H,15,19)(H,17,21). The van der Waals surface area contributed by atoms with Crippen LogP contribution >= 0.6 is 28.1 Å². The van der Waals surface area contributed by atoms with E-state index in [4.69, 9.17) is 16.6 Å². The summed E-state index contributed by atoms with van der Waals surface area (Å²) in [5.41, 5.74) is 0.527. The molecule has 0 spiro atoms. The molecule has 2 aromatic rings. The van der Waals surface area contributed by atoms with Crippen molar-refractivity contribution in [2.45, 2.75) is 39.3 Å². The summed E-state index contributed by atoms with van der Waals surface area (Å²) in [5.74, 6) is 1.86. The van der Waals surface area contributed by atoms with E-state index < -0.39 is 0 Å². The van der Waals surface area contributed by atoms with Crippen LogP contribution in [0.15, 0.2) is 8.89 Å². The molecular weight excluding hydrogens is 356 g/mol. The first-order valence-electron chi connectivity index (χ1n) is 6.68. The van der Waals surface area contributed by atoms with Crippen molar-refractivity contribution in [3.05, 3.63) is 32.2 Å². The van der Waals surface area contributed by atoms with Gasteiger partial charge in [0, 0.05) is 6.04 Å². The molecule has 0 atom stereocenters. The van der Waals surface area contributed by atoms with E-state index in [2.05, 4.69) is 31.4 Å². The van der Waals surface area contributed by atoms with E-state index in [-0.39, 0.29) is 5.91 Å². The number of carbonyl (C=O) groups is 1. The van der Waals surface area contributed by atoms with Crippen LogP contribution in [0.3, 0.4) is 0 Å². The number of carbonyl (C=O) groups excluding carboxylic acids is 1. The number of furan rings is 1. The Bertz CT molecular complexity index is 757. The molecule has 0 aliphatic heterocycles. The van der Waals surface area contributed by atoms with Crippen molar-refractivity contribution in [1.82, 2.24) is 20.1 Å². The Labute approximate surface area is 135 Å². The number of halogens is 1. The molecule has 0 bridgehead atoms. The van der Waals surface area contributed by atoms with Crippen molar-refractivity contribution in [2.24, 2.45) is 0 Å². The second-order valence-electron chi connectivity index (χ2n) is 5.13. The van der Waals surface area contributed by atoms with Crippen LogP contribution in [0.1, 0.15) is 46.6 Å². The van der Waals surface area contributed by atoms with Crippen molar-refractivity contribution >= 4 is 34.1 Å². The van der Waals surface area contributed by atoms with Gasteiger partial charge in [0.15, 0.2) is 10.6 Å². The normalized spacial score (nSPS) is 14.4. The van der Waals surface area contributed by atoms with Gasteiger partial charge in [0.25, 0.3) is 5.91 Å². The van der Waals surface area contributed by atoms with Crippen LogP contribution in [-0.2, 0) is 6.54 Å². The quantitative estimate of drug-likeness (QED) is 0.810. The number of H-pyrrole nitrogens is 1. The highest BCUT2D eigenvalue weighted by molar-refractivity contribution is 9.10. The lowest BCUT2D eigenvalue weighted by Gasteiger charge is -2.06. The number of nitrogens with one attached hydrogen (secondary N) is 2. The molecule has 1 aliphatic rings. The minimum Gasteiger partial charge on any atom is -0.465 e. The first-order valence-corrected chi connectivity index (χ1v) is 7.88. The molecule has 2 N–H and O–H groups in total. The SMILES string of the molecule is Cc1oc(C)c(C(=O)NCc2n[nH]c(=S)n2C2CC2)c1Br. The van der Waals surface area contributed by atoms with Gasteiger partial charge in [0.2, 0.25) is 0 Å². The molecule has 6 nitrogen and oxygen atoms in total. The smallest absolute Gasteiger partial charge is 0.256 e. The molecule has 2 heterocycles. The summed E-state index contributed by atoms with van der Waals surface area (Å²) >= 11 is 8.60. The third-order valence-electron chi connectivity index (χ3n) is 3.51. The Hall–Kier alpha value is -1.41. The van der Waals surface area contributed by atoms with E-state index in [9.17, 15) is 4.79 Å². The number of aromatic amines is 1. The summed E-state index contributed by atoms with van der Waals surface area (Å²) in [5, 5.41) is 9.84. The van der Waals surface area contributed by atoms with Crippen molar-refractivity contribution < 1.29 is 9.21 Å². The molecule has 1 saturated carbocycles. The average Bonchev–Trinajstić information content (AvgIpc) is 3.14. The minimum absolute atomic E-state index is 0.188. The van der Waals surface area contributed by atoms with E-state index in [1.165, 1.54) is 0 Å². The molecular formula is C13H15BrN4O2S. The molecule has 112 valence electrons. The van der Waals surface area contributed by atoms with Crippen molar-refractivity contribution in [1.29, 1.82) is 0 Å². The predicted molar refractivity (Wildman–Crippen MR) is 82.7 cm³/mol.